The van der Waals surface area contributed by atoms with E-state index in [0.717, 1.165) is 6.42 Å². The van der Waals surface area contributed by atoms with E-state index in [0.29, 0.717) is 17.4 Å². The third kappa shape index (κ3) is 2.59. The molecule has 0 amide bonds. The molecule has 0 N–H and O–H groups in total. The Hall–Kier alpha value is -0.760. The van der Waals surface area contributed by atoms with E-state index in [1.165, 1.54) is 6.07 Å². The van der Waals surface area contributed by atoms with Gasteiger partial charge < -0.3 is 4.74 Å². The van der Waals surface area contributed by atoms with E-state index in [9.17, 15) is 4.39 Å². The normalized spacial score (nSPS) is 10.2. The third-order valence-electron chi connectivity index (χ3n) is 1.59. The van der Waals surface area contributed by atoms with Crippen molar-refractivity contribution in [2.75, 3.05) is 6.61 Å². The van der Waals surface area contributed by atoms with Gasteiger partial charge in [-0.3, -0.25) is 0 Å². The minimum Gasteiger partial charge on any atom is -0.493 e. The highest BCUT2D eigenvalue weighted by molar-refractivity contribution is 6.31. The van der Waals surface area contributed by atoms with E-state index in [1.807, 2.05) is 6.92 Å². The van der Waals surface area contributed by atoms with Crippen molar-refractivity contribution in [2.24, 2.45) is 0 Å². The van der Waals surface area contributed by atoms with Crippen LogP contribution in [0.2, 0.25) is 5.02 Å². The van der Waals surface area contributed by atoms with Gasteiger partial charge in [-0.2, -0.15) is 0 Å². The van der Waals surface area contributed by atoms with Crippen LogP contribution in [0.3, 0.4) is 0 Å². The fourth-order valence-corrected chi connectivity index (χ4v) is 1.08. The van der Waals surface area contributed by atoms with Crippen LogP contribution in [0.15, 0.2) is 12.1 Å². The summed E-state index contributed by atoms with van der Waals surface area (Å²) in [7, 11) is 0. The van der Waals surface area contributed by atoms with Crippen LogP contribution < -0.4 is 4.74 Å². The van der Waals surface area contributed by atoms with Crippen molar-refractivity contribution in [3.63, 3.8) is 0 Å². The Morgan fingerprint density at radius 3 is 2.77 bits per heavy atom. The molecule has 0 aliphatic carbocycles. The van der Waals surface area contributed by atoms with Gasteiger partial charge in [-0.05, 0) is 19.4 Å². The van der Waals surface area contributed by atoms with Crippen molar-refractivity contribution in [2.45, 2.75) is 13.3 Å². The smallest absolute Gasteiger partial charge is 0.131 e. The molecule has 0 saturated heterocycles. The summed E-state index contributed by atoms with van der Waals surface area (Å²) in [5, 5.41) is 0.297. The van der Waals surface area contributed by atoms with E-state index >= 15 is 0 Å². The van der Waals surface area contributed by atoms with E-state index < -0.39 is 5.82 Å². The number of benzene rings is 1. The number of halogens is 2. The molecule has 1 nitrogen and oxygen atoms in total. The standard InChI is InChI=1S/C10H11ClFO/c1-3-4-13-8-5-9(11)7(2)10(12)6-8/h5-6H,2-4H2,1H3. The van der Waals surface area contributed by atoms with Crippen LogP contribution in [-0.4, -0.2) is 6.61 Å². The lowest BCUT2D eigenvalue weighted by atomic mass is 10.2. The van der Waals surface area contributed by atoms with Crippen molar-refractivity contribution >= 4 is 11.6 Å². The van der Waals surface area contributed by atoms with Gasteiger partial charge in [0.1, 0.15) is 11.6 Å². The summed E-state index contributed by atoms with van der Waals surface area (Å²) in [6.07, 6.45) is 0.880. The minimum atomic E-state index is -0.432. The second kappa shape index (κ2) is 4.47. The van der Waals surface area contributed by atoms with Gasteiger partial charge in [-0.15, -0.1) is 0 Å². The van der Waals surface area contributed by atoms with Crippen molar-refractivity contribution < 1.29 is 9.13 Å². The Balaban J connectivity index is 2.86. The molecule has 0 fully saturated rings. The largest absolute Gasteiger partial charge is 0.493 e. The van der Waals surface area contributed by atoms with Crippen molar-refractivity contribution in [3.8, 4) is 5.75 Å². The molecule has 1 aromatic carbocycles. The maximum Gasteiger partial charge on any atom is 0.131 e. The minimum absolute atomic E-state index is 0.213. The predicted octanol–water partition coefficient (Wildman–Crippen LogP) is 3.45. The zero-order valence-electron chi connectivity index (χ0n) is 7.44. The molecule has 1 rings (SSSR count). The first-order chi connectivity index (χ1) is 6.15. The van der Waals surface area contributed by atoms with Gasteiger partial charge in [0.25, 0.3) is 0 Å². The summed E-state index contributed by atoms with van der Waals surface area (Å²) in [4.78, 5) is 0. The number of ether oxygens (including phenoxy) is 1. The fourth-order valence-electron chi connectivity index (χ4n) is 0.883. The van der Waals surface area contributed by atoms with Crippen LogP contribution in [0.1, 0.15) is 18.9 Å². The molecule has 71 valence electrons. The first-order valence-corrected chi connectivity index (χ1v) is 4.46. The van der Waals surface area contributed by atoms with Gasteiger partial charge >= 0.3 is 0 Å². The van der Waals surface area contributed by atoms with Crippen LogP contribution in [-0.2, 0) is 0 Å². The summed E-state index contributed by atoms with van der Waals surface area (Å²) in [6.45, 7) is 6.02. The molecule has 13 heavy (non-hydrogen) atoms. The Morgan fingerprint density at radius 1 is 1.54 bits per heavy atom. The van der Waals surface area contributed by atoms with Gasteiger partial charge in [0.15, 0.2) is 0 Å². The zero-order chi connectivity index (χ0) is 9.84. The maximum atomic E-state index is 13.0. The number of hydrogen-bond donors (Lipinski definition) is 0. The Bertz CT molecular complexity index is 276. The van der Waals surface area contributed by atoms with E-state index in [1.54, 1.807) is 6.07 Å². The van der Waals surface area contributed by atoms with Crippen molar-refractivity contribution in [1.82, 2.24) is 0 Å². The topological polar surface area (TPSA) is 9.23 Å². The summed E-state index contributed by atoms with van der Waals surface area (Å²) in [6, 6.07) is 2.87. The molecular weight excluding hydrogens is 191 g/mol. The Kier molecular flexibility index (Phi) is 3.55. The molecule has 0 aliphatic heterocycles. The van der Waals surface area contributed by atoms with Crippen LogP contribution in [0.25, 0.3) is 0 Å². The number of rotatable bonds is 3. The Morgan fingerprint density at radius 2 is 2.23 bits per heavy atom. The molecule has 0 aromatic heterocycles. The van der Waals surface area contributed by atoms with Gasteiger partial charge in [-0.1, -0.05) is 18.5 Å². The summed E-state index contributed by atoms with van der Waals surface area (Å²) < 4.78 is 18.3. The Labute approximate surface area is 82.5 Å². The highest BCUT2D eigenvalue weighted by Crippen LogP contribution is 2.24. The molecule has 0 spiro atoms. The van der Waals surface area contributed by atoms with Crippen molar-refractivity contribution in [1.29, 1.82) is 0 Å². The molecule has 1 radical (unpaired) electrons. The predicted molar refractivity (Wildman–Crippen MR) is 51.7 cm³/mol. The molecule has 0 aliphatic rings. The van der Waals surface area contributed by atoms with Crippen molar-refractivity contribution in [3.05, 3.63) is 35.5 Å². The maximum absolute atomic E-state index is 13.0. The lowest BCUT2D eigenvalue weighted by Crippen LogP contribution is -1.96. The zero-order valence-corrected chi connectivity index (χ0v) is 8.20. The SMILES string of the molecule is [CH2]c1c(F)cc(OCCC)cc1Cl. The number of hydrogen-bond acceptors (Lipinski definition) is 1. The van der Waals surface area contributed by atoms with E-state index in [2.05, 4.69) is 6.92 Å². The highest BCUT2D eigenvalue weighted by atomic mass is 35.5. The summed E-state index contributed by atoms with van der Waals surface area (Å²) in [5.41, 5.74) is 0.213. The summed E-state index contributed by atoms with van der Waals surface area (Å²) >= 11 is 5.72. The highest BCUT2D eigenvalue weighted by Gasteiger charge is 2.05. The molecule has 0 atom stereocenters. The monoisotopic (exact) mass is 201 g/mol. The first-order valence-electron chi connectivity index (χ1n) is 4.09. The second-order valence-electron chi connectivity index (χ2n) is 2.71. The van der Waals surface area contributed by atoms with Gasteiger partial charge in [-0.25, -0.2) is 4.39 Å². The first kappa shape index (κ1) is 10.3. The third-order valence-corrected chi connectivity index (χ3v) is 1.92. The van der Waals surface area contributed by atoms with E-state index in [4.69, 9.17) is 16.3 Å². The van der Waals surface area contributed by atoms with Crippen LogP contribution >= 0.6 is 11.6 Å². The van der Waals surface area contributed by atoms with Crippen LogP contribution in [0.5, 0.6) is 5.75 Å². The van der Waals surface area contributed by atoms with Crippen LogP contribution in [0, 0.1) is 12.7 Å². The van der Waals surface area contributed by atoms with E-state index in [-0.39, 0.29) is 5.56 Å². The summed E-state index contributed by atoms with van der Waals surface area (Å²) in [5.74, 6) is 0.0235. The van der Waals surface area contributed by atoms with Gasteiger partial charge in [0.05, 0.1) is 11.6 Å². The lowest BCUT2D eigenvalue weighted by Gasteiger charge is -2.06. The molecular formula is C10H11ClFO. The molecule has 3 heteroatoms. The average Bonchev–Trinajstić information content (AvgIpc) is 2.10. The molecule has 0 bridgehead atoms. The molecule has 0 saturated carbocycles. The van der Waals surface area contributed by atoms with Crippen LogP contribution in [0.4, 0.5) is 4.39 Å². The van der Waals surface area contributed by atoms with Gasteiger partial charge in [0.2, 0.25) is 0 Å². The molecule has 0 unspecified atom stereocenters. The fraction of sp³-hybridized carbons (Fsp3) is 0.300. The average molecular weight is 202 g/mol. The lowest BCUT2D eigenvalue weighted by molar-refractivity contribution is 0.315. The molecule has 1 aromatic rings. The quantitative estimate of drug-likeness (QED) is 0.728. The molecule has 0 heterocycles. The second-order valence-corrected chi connectivity index (χ2v) is 3.12. The van der Waals surface area contributed by atoms with Gasteiger partial charge in [0, 0.05) is 11.6 Å².